The average Bonchev–Trinajstić information content (AvgIpc) is 3.07. The van der Waals surface area contributed by atoms with Crippen molar-refractivity contribution >= 4 is 0 Å². The number of aromatic nitrogens is 3. The minimum Gasteiger partial charge on any atom is -0.390 e. The number of nitrogens with zero attached hydrogens (tertiary/aromatic N) is 3. The largest absolute Gasteiger partial charge is 0.390 e. The first-order chi connectivity index (χ1) is 7.86. The number of aliphatic hydroxyl groups is 1. The van der Waals surface area contributed by atoms with Crippen molar-refractivity contribution in [3.8, 4) is 5.82 Å². The van der Waals surface area contributed by atoms with Crippen LogP contribution in [0.5, 0.6) is 0 Å². The molecule has 0 aliphatic heterocycles. The summed E-state index contributed by atoms with van der Waals surface area (Å²) in [6, 6.07) is 7.62. The van der Waals surface area contributed by atoms with Gasteiger partial charge in [0.05, 0.1) is 18.0 Å². The molecule has 1 aliphatic carbocycles. The van der Waals surface area contributed by atoms with E-state index in [0.29, 0.717) is 11.6 Å². The first kappa shape index (κ1) is 9.54. The predicted molar refractivity (Wildman–Crippen MR) is 59.3 cm³/mol. The number of rotatable bonds is 3. The Kier molecular flexibility index (Phi) is 2.22. The van der Waals surface area contributed by atoms with Crippen molar-refractivity contribution in [2.45, 2.75) is 25.4 Å². The zero-order valence-corrected chi connectivity index (χ0v) is 8.87. The van der Waals surface area contributed by atoms with Gasteiger partial charge in [-0.15, -0.1) is 0 Å². The summed E-state index contributed by atoms with van der Waals surface area (Å²) in [6.07, 6.45) is 4.43. The minimum absolute atomic E-state index is 0.0371. The quantitative estimate of drug-likeness (QED) is 0.846. The highest BCUT2D eigenvalue weighted by atomic mass is 16.3. The zero-order chi connectivity index (χ0) is 11.0. The summed E-state index contributed by atoms with van der Waals surface area (Å²) in [7, 11) is 0. The molecule has 82 valence electrons. The van der Waals surface area contributed by atoms with E-state index in [0.717, 1.165) is 11.5 Å². The summed E-state index contributed by atoms with van der Waals surface area (Å²) in [6.45, 7) is -0.0371. The maximum atomic E-state index is 9.02. The van der Waals surface area contributed by atoms with Crippen molar-refractivity contribution in [3.63, 3.8) is 0 Å². The third kappa shape index (κ3) is 1.72. The summed E-state index contributed by atoms with van der Waals surface area (Å²) in [4.78, 5) is 4.31. The van der Waals surface area contributed by atoms with Crippen LogP contribution in [0.4, 0.5) is 0 Å². The van der Waals surface area contributed by atoms with Gasteiger partial charge in [-0.1, -0.05) is 6.07 Å². The van der Waals surface area contributed by atoms with E-state index in [9.17, 15) is 0 Å². The molecule has 0 radical (unpaired) electrons. The van der Waals surface area contributed by atoms with Gasteiger partial charge in [0.25, 0.3) is 0 Å². The molecular formula is C12H13N3O. The van der Waals surface area contributed by atoms with E-state index < -0.39 is 0 Å². The Morgan fingerprint density at radius 1 is 1.31 bits per heavy atom. The Morgan fingerprint density at radius 2 is 2.19 bits per heavy atom. The van der Waals surface area contributed by atoms with Crippen LogP contribution in [0, 0.1) is 0 Å². The first-order valence-electron chi connectivity index (χ1n) is 5.49. The molecule has 1 fully saturated rings. The lowest BCUT2D eigenvalue weighted by molar-refractivity contribution is 0.276. The smallest absolute Gasteiger partial charge is 0.153 e. The van der Waals surface area contributed by atoms with Crippen LogP contribution in [0.15, 0.2) is 30.5 Å². The fourth-order valence-electron chi connectivity index (χ4n) is 1.75. The normalized spacial score (nSPS) is 15.3. The Morgan fingerprint density at radius 3 is 2.94 bits per heavy atom. The van der Waals surface area contributed by atoms with Crippen LogP contribution in [-0.2, 0) is 6.61 Å². The molecule has 0 saturated heterocycles. The van der Waals surface area contributed by atoms with Crippen molar-refractivity contribution in [2.75, 3.05) is 0 Å². The molecular weight excluding hydrogens is 202 g/mol. The molecule has 1 aliphatic rings. The monoisotopic (exact) mass is 215 g/mol. The maximum absolute atomic E-state index is 9.02. The summed E-state index contributed by atoms with van der Waals surface area (Å²) in [5, 5.41) is 13.5. The van der Waals surface area contributed by atoms with Crippen LogP contribution in [0.3, 0.4) is 0 Å². The third-order valence-electron chi connectivity index (χ3n) is 2.79. The van der Waals surface area contributed by atoms with Crippen LogP contribution in [0.1, 0.15) is 30.1 Å². The maximum Gasteiger partial charge on any atom is 0.153 e. The van der Waals surface area contributed by atoms with Gasteiger partial charge in [0.1, 0.15) is 0 Å². The highest BCUT2D eigenvalue weighted by molar-refractivity contribution is 5.25. The fraction of sp³-hybridized carbons (Fsp3) is 0.333. The third-order valence-corrected chi connectivity index (χ3v) is 2.79. The van der Waals surface area contributed by atoms with Crippen LogP contribution in [-0.4, -0.2) is 19.9 Å². The van der Waals surface area contributed by atoms with Crippen molar-refractivity contribution < 1.29 is 5.11 Å². The highest BCUT2D eigenvalue weighted by Gasteiger charge is 2.25. The van der Waals surface area contributed by atoms with E-state index in [2.05, 4.69) is 10.1 Å². The van der Waals surface area contributed by atoms with E-state index in [-0.39, 0.29) is 6.61 Å². The van der Waals surface area contributed by atoms with Gasteiger partial charge in [-0.25, -0.2) is 9.67 Å². The van der Waals surface area contributed by atoms with Crippen LogP contribution in [0.2, 0.25) is 0 Å². The van der Waals surface area contributed by atoms with Gasteiger partial charge in [-0.3, -0.25) is 0 Å². The molecule has 16 heavy (non-hydrogen) atoms. The molecule has 2 aromatic rings. The number of hydrogen-bond donors (Lipinski definition) is 1. The first-order valence-corrected chi connectivity index (χ1v) is 5.49. The lowest BCUT2D eigenvalue weighted by Crippen LogP contribution is -2.01. The Balaban J connectivity index is 1.93. The lowest BCUT2D eigenvalue weighted by atomic mass is 10.3. The molecule has 2 aromatic heterocycles. The van der Waals surface area contributed by atoms with Gasteiger partial charge in [0.2, 0.25) is 0 Å². The molecule has 4 heteroatoms. The second-order valence-electron chi connectivity index (χ2n) is 4.10. The number of pyridine rings is 1. The van der Waals surface area contributed by atoms with Gasteiger partial charge >= 0.3 is 0 Å². The predicted octanol–water partition coefficient (Wildman–Crippen LogP) is 1.64. The SMILES string of the molecule is OCc1cccc(-n2ccc(C3CC3)n2)n1. The number of aliphatic hydroxyl groups excluding tert-OH is 1. The van der Waals surface area contributed by atoms with Crippen LogP contribution >= 0.6 is 0 Å². The fourth-order valence-corrected chi connectivity index (χ4v) is 1.75. The second-order valence-corrected chi connectivity index (χ2v) is 4.10. The van der Waals surface area contributed by atoms with Gasteiger partial charge in [0, 0.05) is 12.1 Å². The van der Waals surface area contributed by atoms with Gasteiger partial charge in [0.15, 0.2) is 5.82 Å². The minimum atomic E-state index is -0.0371. The van der Waals surface area contributed by atoms with E-state index >= 15 is 0 Å². The molecule has 0 atom stereocenters. The molecule has 4 nitrogen and oxygen atoms in total. The van der Waals surface area contributed by atoms with E-state index in [1.807, 2.05) is 24.4 Å². The molecule has 1 saturated carbocycles. The average molecular weight is 215 g/mol. The van der Waals surface area contributed by atoms with Gasteiger partial charge in [-0.05, 0) is 31.0 Å². The Labute approximate surface area is 93.6 Å². The highest BCUT2D eigenvalue weighted by Crippen LogP contribution is 2.38. The number of hydrogen-bond acceptors (Lipinski definition) is 3. The van der Waals surface area contributed by atoms with Crippen LogP contribution < -0.4 is 0 Å². The summed E-state index contributed by atoms with van der Waals surface area (Å²) >= 11 is 0. The molecule has 0 bridgehead atoms. The second kappa shape index (κ2) is 3.72. The molecule has 0 spiro atoms. The zero-order valence-electron chi connectivity index (χ0n) is 8.87. The molecule has 0 aromatic carbocycles. The Hall–Kier alpha value is -1.68. The van der Waals surface area contributed by atoms with Crippen molar-refractivity contribution in [2.24, 2.45) is 0 Å². The summed E-state index contributed by atoms with van der Waals surface area (Å²) in [5.74, 6) is 1.42. The van der Waals surface area contributed by atoms with E-state index in [4.69, 9.17) is 5.11 Å². The topological polar surface area (TPSA) is 50.9 Å². The van der Waals surface area contributed by atoms with E-state index in [1.54, 1.807) is 10.7 Å². The van der Waals surface area contributed by atoms with Crippen molar-refractivity contribution in [3.05, 3.63) is 41.9 Å². The Bertz CT molecular complexity index is 502. The lowest BCUT2D eigenvalue weighted by Gasteiger charge is -2.01. The van der Waals surface area contributed by atoms with Gasteiger partial charge < -0.3 is 5.11 Å². The molecule has 0 unspecified atom stereocenters. The van der Waals surface area contributed by atoms with E-state index in [1.165, 1.54) is 12.8 Å². The molecule has 3 rings (SSSR count). The van der Waals surface area contributed by atoms with Crippen molar-refractivity contribution in [1.82, 2.24) is 14.8 Å². The summed E-state index contributed by atoms with van der Waals surface area (Å²) < 4.78 is 1.77. The molecule has 1 N–H and O–H groups in total. The van der Waals surface area contributed by atoms with Crippen molar-refractivity contribution in [1.29, 1.82) is 0 Å². The summed E-state index contributed by atoms with van der Waals surface area (Å²) in [5.41, 5.74) is 1.82. The van der Waals surface area contributed by atoms with Gasteiger partial charge in [-0.2, -0.15) is 5.10 Å². The molecule has 2 heterocycles. The standard InChI is InChI=1S/C12H13N3O/c16-8-10-2-1-3-12(13-10)15-7-6-11(14-15)9-4-5-9/h1-3,6-7,9,16H,4-5,8H2. The molecule has 0 amide bonds. The van der Waals surface area contributed by atoms with Crippen LogP contribution in [0.25, 0.3) is 5.82 Å².